The number of carbonyl (C=O) groups is 4. The van der Waals surface area contributed by atoms with Gasteiger partial charge in [0, 0.05) is 17.0 Å². The van der Waals surface area contributed by atoms with Crippen molar-refractivity contribution in [1.29, 1.82) is 0 Å². The molecule has 1 N–H and O–H groups in total. The molecule has 4 fully saturated rings. The highest BCUT2D eigenvalue weighted by molar-refractivity contribution is 6.32. The van der Waals surface area contributed by atoms with Gasteiger partial charge < -0.3 is 5.11 Å². The summed E-state index contributed by atoms with van der Waals surface area (Å²) in [5, 5.41) is 10.2. The van der Waals surface area contributed by atoms with Crippen molar-refractivity contribution in [2.45, 2.75) is 63.8 Å². The molecule has 2 saturated heterocycles. The van der Waals surface area contributed by atoms with E-state index in [4.69, 9.17) is 23.2 Å². The maximum absolute atomic E-state index is 14.4. The number of anilines is 1. The number of imide groups is 2. The lowest BCUT2D eigenvalue weighted by Gasteiger charge is -2.49. The minimum absolute atomic E-state index is 0.0448. The summed E-state index contributed by atoms with van der Waals surface area (Å²) in [5.74, 6) is -5.11. The first kappa shape index (κ1) is 28.5. The normalized spacial score (nSPS) is 32.6. The number of carbonyl (C=O) groups excluding carboxylic acids is 4. The van der Waals surface area contributed by atoms with Gasteiger partial charge in [-0.25, -0.2) is 9.29 Å². The van der Waals surface area contributed by atoms with Crippen LogP contribution in [0, 0.1) is 34.9 Å². The van der Waals surface area contributed by atoms with Gasteiger partial charge in [-0.15, -0.1) is 0 Å². The quantitative estimate of drug-likeness (QED) is 0.315. The number of nitrogens with zero attached hydrogens (tertiary/aromatic N) is 2. The fraction of sp³-hybridized carbons (Fsp3) is 0.455. The number of allylic oxidation sites excluding steroid dienone is 2. The number of likely N-dealkylation sites (tertiary alicyclic amines) is 1. The maximum Gasteiger partial charge on any atom is 0.241 e. The van der Waals surface area contributed by atoms with Gasteiger partial charge in [0.1, 0.15) is 11.6 Å². The van der Waals surface area contributed by atoms with Crippen LogP contribution >= 0.6 is 23.2 Å². The summed E-state index contributed by atoms with van der Waals surface area (Å²) in [6.45, 7) is 1.75. The number of fused-ring (bicyclic) bond motifs is 4. The third-order valence-corrected chi connectivity index (χ3v) is 11.3. The van der Waals surface area contributed by atoms with Gasteiger partial charge in [0.15, 0.2) is 0 Å². The van der Waals surface area contributed by atoms with E-state index in [0.717, 1.165) is 48.6 Å². The van der Waals surface area contributed by atoms with Gasteiger partial charge in [0.2, 0.25) is 23.6 Å². The first-order valence-corrected chi connectivity index (χ1v) is 15.7. The zero-order valence-electron chi connectivity index (χ0n) is 23.6. The molecule has 2 aliphatic heterocycles. The van der Waals surface area contributed by atoms with Crippen LogP contribution in [-0.2, 0) is 19.2 Å². The molecule has 7 nitrogen and oxygen atoms in total. The number of amides is 4. The van der Waals surface area contributed by atoms with E-state index in [2.05, 4.69) is 0 Å². The standard InChI is InChI=1S/C33H31Cl2FN2O5/c1-33-23(30(41)38(32(33)43)17-7-12-26(36)25(35)13-17)15-22-19(28(33)20-9-8-18(39)14-24(20)34)10-11-21-27(22)31(42)37(29(21)40)16-5-3-2-4-6-16/h7-10,12-14,16,21-23,27-28,39H,2-6,11,15H2,1H3/t21-,22+,23-,27-,28+,33+/m0/s1. The Morgan fingerprint density at radius 1 is 0.907 bits per heavy atom. The largest absolute Gasteiger partial charge is 0.508 e. The van der Waals surface area contributed by atoms with E-state index in [0.29, 0.717) is 12.0 Å². The van der Waals surface area contributed by atoms with Crippen LogP contribution in [0.25, 0.3) is 0 Å². The molecular weight excluding hydrogens is 594 g/mol. The molecule has 2 aromatic rings. The first-order chi connectivity index (χ1) is 20.5. The van der Waals surface area contributed by atoms with Crippen LogP contribution in [0.5, 0.6) is 5.75 Å². The summed E-state index contributed by atoms with van der Waals surface area (Å²) in [6.07, 6.45) is 7.20. The number of benzene rings is 2. The lowest BCUT2D eigenvalue weighted by atomic mass is 9.51. The van der Waals surface area contributed by atoms with Gasteiger partial charge in [0.25, 0.3) is 0 Å². The minimum atomic E-state index is -1.30. The highest BCUT2D eigenvalue weighted by Crippen LogP contribution is 2.64. The Morgan fingerprint density at radius 2 is 1.65 bits per heavy atom. The smallest absolute Gasteiger partial charge is 0.241 e. The summed E-state index contributed by atoms with van der Waals surface area (Å²) < 4.78 is 14.0. The van der Waals surface area contributed by atoms with E-state index in [-0.39, 0.29) is 45.8 Å². The highest BCUT2D eigenvalue weighted by atomic mass is 35.5. The lowest BCUT2D eigenvalue weighted by Crippen LogP contribution is -2.49. The van der Waals surface area contributed by atoms with Gasteiger partial charge in [-0.3, -0.25) is 24.1 Å². The molecule has 2 aromatic carbocycles. The number of hydrogen-bond donors (Lipinski definition) is 1. The summed E-state index contributed by atoms with van der Waals surface area (Å²) in [7, 11) is 0. The van der Waals surface area contributed by atoms with Crippen molar-refractivity contribution in [1.82, 2.24) is 4.90 Å². The topological polar surface area (TPSA) is 95.0 Å². The van der Waals surface area contributed by atoms with Crippen molar-refractivity contribution in [3.05, 3.63) is 69.5 Å². The molecule has 2 saturated carbocycles. The van der Waals surface area contributed by atoms with Crippen molar-refractivity contribution in [3.63, 3.8) is 0 Å². The Morgan fingerprint density at radius 3 is 2.35 bits per heavy atom. The van der Waals surface area contributed by atoms with Crippen LogP contribution in [0.15, 0.2) is 48.0 Å². The summed E-state index contributed by atoms with van der Waals surface area (Å²) in [4.78, 5) is 59.1. The second-order valence-electron chi connectivity index (χ2n) is 12.8. The molecule has 2 heterocycles. The Bertz CT molecular complexity index is 1620. The van der Waals surface area contributed by atoms with Gasteiger partial charge in [0.05, 0.1) is 33.9 Å². The molecule has 3 aliphatic carbocycles. The van der Waals surface area contributed by atoms with Gasteiger partial charge in [-0.05, 0) is 74.4 Å². The highest BCUT2D eigenvalue weighted by Gasteiger charge is 2.68. The zero-order chi connectivity index (χ0) is 30.4. The van der Waals surface area contributed by atoms with E-state index < -0.39 is 52.6 Å². The average molecular weight is 626 g/mol. The van der Waals surface area contributed by atoms with Gasteiger partial charge in [-0.1, -0.05) is 60.2 Å². The van der Waals surface area contributed by atoms with E-state index >= 15 is 0 Å². The fourth-order valence-corrected chi connectivity index (χ4v) is 9.16. The second-order valence-corrected chi connectivity index (χ2v) is 13.6. The van der Waals surface area contributed by atoms with Gasteiger partial charge in [-0.2, -0.15) is 0 Å². The Kier molecular flexibility index (Phi) is 6.74. The molecule has 224 valence electrons. The fourth-order valence-electron chi connectivity index (χ4n) is 8.70. The number of hydrogen-bond acceptors (Lipinski definition) is 5. The SMILES string of the molecule is C[C@@]12C(=O)N(c3ccc(F)c(Cl)c3)C(=O)[C@@H]1C[C@@H]1C(=CC[C@@H]3C(=O)N(C4CCCCC4)C(=O)[C@@H]31)[C@@H]2c1ccc(O)cc1Cl. The summed E-state index contributed by atoms with van der Waals surface area (Å²) in [6, 6.07) is 8.18. The van der Waals surface area contributed by atoms with Crippen molar-refractivity contribution < 1.29 is 28.7 Å². The maximum atomic E-state index is 14.4. The monoisotopic (exact) mass is 624 g/mol. The molecule has 4 amide bonds. The average Bonchev–Trinajstić information content (AvgIpc) is 3.35. The van der Waals surface area contributed by atoms with E-state index in [9.17, 15) is 28.7 Å². The van der Waals surface area contributed by atoms with E-state index in [1.165, 1.54) is 29.2 Å². The van der Waals surface area contributed by atoms with Crippen LogP contribution in [0.3, 0.4) is 0 Å². The van der Waals surface area contributed by atoms with Crippen molar-refractivity contribution >= 4 is 52.5 Å². The molecule has 0 spiro atoms. The van der Waals surface area contributed by atoms with Crippen LogP contribution in [0.4, 0.5) is 10.1 Å². The number of phenolic OH excluding ortho intramolecular Hbond substituents is 1. The van der Waals surface area contributed by atoms with Crippen molar-refractivity contribution in [3.8, 4) is 5.75 Å². The molecule has 43 heavy (non-hydrogen) atoms. The third-order valence-electron chi connectivity index (χ3n) is 10.7. The molecule has 10 heteroatoms. The first-order valence-electron chi connectivity index (χ1n) is 14.9. The van der Waals surface area contributed by atoms with Crippen molar-refractivity contribution in [2.75, 3.05) is 4.90 Å². The Hall–Kier alpha value is -3.23. The van der Waals surface area contributed by atoms with Crippen molar-refractivity contribution in [2.24, 2.45) is 29.1 Å². The third kappa shape index (κ3) is 4.05. The molecule has 0 radical (unpaired) electrons. The molecule has 6 atom stereocenters. The minimum Gasteiger partial charge on any atom is -0.508 e. The van der Waals surface area contributed by atoms with Crippen LogP contribution in [0.2, 0.25) is 10.0 Å². The number of halogens is 3. The lowest BCUT2D eigenvalue weighted by molar-refractivity contribution is -0.144. The Balaban J connectivity index is 1.36. The number of rotatable bonds is 3. The van der Waals surface area contributed by atoms with E-state index in [1.54, 1.807) is 13.0 Å². The van der Waals surface area contributed by atoms with Gasteiger partial charge >= 0.3 is 0 Å². The molecule has 0 aromatic heterocycles. The predicted octanol–water partition coefficient (Wildman–Crippen LogP) is 6.40. The Labute approximate surface area is 258 Å². The zero-order valence-corrected chi connectivity index (χ0v) is 25.1. The summed E-state index contributed by atoms with van der Waals surface area (Å²) >= 11 is 12.8. The molecule has 0 bridgehead atoms. The number of phenols is 1. The van der Waals surface area contributed by atoms with Crippen LogP contribution < -0.4 is 4.90 Å². The molecule has 7 rings (SSSR count). The molecule has 0 unspecified atom stereocenters. The summed E-state index contributed by atoms with van der Waals surface area (Å²) in [5.41, 5.74) is 0.238. The van der Waals surface area contributed by atoms with Crippen LogP contribution in [-0.4, -0.2) is 39.7 Å². The predicted molar refractivity (Wildman–Crippen MR) is 158 cm³/mol. The van der Waals surface area contributed by atoms with Crippen LogP contribution in [0.1, 0.15) is 63.4 Å². The molecular formula is C33H31Cl2FN2O5. The van der Waals surface area contributed by atoms with E-state index in [1.807, 2.05) is 6.08 Å². The second kappa shape index (κ2) is 10.2. The molecule has 5 aliphatic rings. The number of aromatic hydroxyl groups is 1.